The Morgan fingerprint density at radius 3 is 1.60 bits per heavy atom. The first-order valence-electron chi connectivity index (χ1n) is 5.05. The molecular formula is C12H22O3. The second-order valence-electron chi connectivity index (χ2n) is 5.60. The van der Waals surface area contributed by atoms with Gasteiger partial charge in [0.25, 0.3) is 0 Å². The highest BCUT2D eigenvalue weighted by molar-refractivity contribution is 5.17. The van der Waals surface area contributed by atoms with Gasteiger partial charge in [-0.1, -0.05) is 11.8 Å². The highest BCUT2D eigenvalue weighted by atomic mass is 17.2. The Balaban J connectivity index is 4.36. The fourth-order valence-corrected chi connectivity index (χ4v) is 0.553. The van der Waals surface area contributed by atoms with Gasteiger partial charge in [-0.2, -0.15) is 0 Å². The third kappa shape index (κ3) is 9.74. The maximum Gasteiger partial charge on any atom is 0.158 e. The molecule has 1 N–H and O–H groups in total. The minimum atomic E-state index is -1.01. The van der Waals surface area contributed by atoms with Crippen LogP contribution in [-0.2, 0) is 9.78 Å². The quantitative estimate of drug-likeness (QED) is 0.435. The molecule has 0 amide bonds. The minimum Gasteiger partial charge on any atom is -0.378 e. The molecule has 0 radical (unpaired) electrons. The van der Waals surface area contributed by atoms with Crippen LogP contribution in [0.25, 0.3) is 0 Å². The van der Waals surface area contributed by atoms with Crippen molar-refractivity contribution in [2.45, 2.75) is 65.3 Å². The van der Waals surface area contributed by atoms with Crippen molar-refractivity contribution in [3.63, 3.8) is 0 Å². The van der Waals surface area contributed by atoms with Crippen molar-refractivity contribution in [3.8, 4) is 11.8 Å². The van der Waals surface area contributed by atoms with Crippen LogP contribution < -0.4 is 0 Å². The van der Waals surface area contributed by atoms with Crippen molar-refractivity contribution in [1.29, 1.82) is 0 Å². The minimum absolute atomic E-state index is 0.367. The summed E-state index contributed by atoms with van der Waals surface area (Å²) in [6.07, 6.45) is 0. The lowest BCUT2D eigenvalue weighted by Gasteiger charge is -2.24. The smallest absolute Gasteiger partial charge is 0.158 e. The largest absolute Gasteiger partial charge is 0.378 e. The van der Waals surface area contributed by atoms with Gasteiger partial charge in [-0.25, -0.2) is 9.78 Å². The molecule has 0 saturated heterocycles. The summed E-state index contributed by atoms with van der Waals surface area (Å²) in [6, 6.07) is 0. The fraction of sp³-hybridized carbons (Fsp3) is 0.833. The molecule has 3 heteroatoms. The van der Waals surface area contributed by atoms with Crippen LogP contribution in [0.2, 0.25) is 0 Å². The molecule has 0 atom stereocenters. The number of aliphatic hydroxyl groups is 1. The van der Waals surface area contributed by atoms with E-state index in [1.807, 2.05) is 20.8 Å². The van der Waals surface area contributed by atoms with E-state index in [1.165, 1.54) is 0 Å². The zero-order chi connectivity index (χ0) is 12.3. The summed E-state index contributed by atoms with van der Waals surface area (Å²) in [6.45, 7) is 12.5. The Labute approximate surface area is 92.7 Å². The molecule has 3 nitrogen and oxygen atoms in total. The zero-order valence-electron chi connectivity index (χ0n) is 10.8. The molecule has 0 saturated carbocycles. The third-order valence-electron chi connectivity index (χ3n) is 1.17. The Hall–Kier alpha value is -0.560. The van der Waals surface area contributed by atoms with Crippen molar-refractivity contribution in [1.82, 2.24) is 0 Å². The van der Waals surface area contributed by atoms with Crippen LogP contribution in [0.15, 0.2) is 0 Å². The van der Waals surface area contributed by atoms with Crippen molar-refractivity contribution in [3.05, 3.63) is 0 Å². The van der Waals surface area contributed by atoms with Gasteiger partial charge in [-0.3, -0.25) is 0 Å². The lowest BCUT2D eigenvalue weighted by atomic mass is 10.1. The fourth-order valence-electron chi connectivity index (χ4n) is 0.553. The van der Waals surface area contributed by atoms with E-state index in [4.69, 9.17) is 9.78 Å². The molecule has 0 aliphatic carbocycles. The second kappa shape index (κ2) is 4.52. The van der Waals surface area contributed by atoms with Gasteiger partial charge >= 0.3 is 0 Å². The molecule has 0 rings (SSSR count). The standard InChI is InChI=1S/C12H22O3/c1-10(2,3)14-15-12(6,7)9-8-11(4,5)13/h13H,1-7H3. The average molecular weight is 214 g/mol. The maximum atomic E-state index is 9.44. The van der Waals surface area contributed by atoms with E-state index in [0.29, 0.717) is 0 Å². The molecule has 0 fully saturated rings. The van der Waals surface area contributed by atoms with Crippen molar-refractivity contribution in [2.24, 2.45) is 0 Å². The predicted molar refractivity (Wildman–Crippen MR) is 60.1 cm³/mol. The van der Waals surface area contributed by atoms with E-state index in [1.54, 1.807) is 27.7 Å². The van der Waals surface area contributed by atoms with Crippen molar-refractivity contribution < 1.29 is 14.9 Å². The SMILES string of the molecule is CC(C)(O)C#CC(C)(C)OOC(C)(C)C. The molecule has 88 valence electrons. The van der Waals surface area contributed by atoms with Gasteiger partial charge < -0.3 is 5.11 Å². The Morgan fingerprint density at radius 2 is 1.27 bits per heavy atom. The van der Waals surface area contributed by atoms with Crippen LogP contribution in [0.1, 0.15) is 48.5 Å². The van der Waals surface area contributed by atoms with Crippen LogP contribution in [-0.4, -0.2) is 21.9 Å². The summed E-state index contributed by atoms with van der Waals surface area (Å²) < 4.78 is 0. The van der Waals surface area contributed by atoms with Gasteiger partial charge in [0, 0.05) is 0 Å². The van der Waals surface area contributed by atoms with Gasteiger partial charge in [0.05, 0.1) is 5.60 Å². The Kier molecular flexibility index (Phi) is 4.36. The van der Waals surface area contributed by atoms with E-state index >= 15 is 0 Å². The van der Waals surface area contributed by atoms with Gasteiger partial charge in [-0.05, 0) is 48.5 Å². The summed E-state index contributed by atoms with van der Waals surface area (Å²) in [5.41, 5.74) is -2.11. The summed E-state index contributed by atoms with van der Waals surface area (Å²) >= 11 is 0. The van der Waals surface area contributed by atoms with Crippen LogP contribution in [0.5, 0.6) is 0 Å². The first kappa shape index (κ1) is 14.4. The van der Waals surface area contributed by atoms with Crippen molar-refractivity contribution in [2.75, 3.05) is 0 Å². The summed E-state index contributed by atoms with van der Waals surface area (Å²) in [5.74, 6) is 5.52. The first-order chi connectivity index (χ1) is 6.41. The monoisotopic (exact) mass is 214 g/mol. The Bertz CT molecular complexity index is 255. The summed E-state index contributed by atoms with van der Waals surface area (Å²) in [5, 5.41) is 9.44. The van der Waals surface area contributed by atoms with Gasteiger partial charge in [0.15, 0.2) is 5.60 Å². The highest BCUT2D eigenvalue weighted by Gasteiger charge is 2.22. The van der Waals surface area contributed by atoms with Gasteiger partial charge in [0.1, 0.15) is 5.60 Å². The average Bonchev–Trinajstić information content (AvgIpc) is 1.96. The molecule has 0 aliphatic rings. The van der Waals surface area contributed by atoms with E-state index in [9.17, 15) is 5.11 Å². The topological polar surface area (TPSA) is 38.7 Å². The molecule has 0 aliphatic heterocycles. The van der Waals surface area contributed by atoms with Crippen LogP contribution in [0.4, 0.5) is 0 Å². The Morgan fingerprint density at radius 1 is 0.800 bits per heavy atom. The van der Waals surface area contributed by atoms with Gasteiger partial charge in [0.2, 0.25) is 0 Å². The molecule has 0 aromatic heterocycles. The lowest BCUT2D eigenvalue weighted by molar-refractivity contribution is -0.384. The third-order valence-corrected chi connectivity index (χ3v) is 1.17. The molecule has 0 spiro atoms. The normalized spacial score (nSPS) is 13.3. The molecular weight excluding hydrogens is 192 g/mol. The summed E-state index contributed by atoms with van der Waals surface area (Å²) in [7, 11) is 0. The highest BCUT2D eigenvalue weighted by Crippen LogP contribution is 2.15. The molecule has 0 aromatic rings. The summed E-state index contributed by atoms with van der Waals surface area (Å²) in [4.78, 5) is 10.4. The predicted octanol–water partition coefficient (Wildman–Crippen LogP) is 2.29. The number of rotatable bonds is 2. The van der Waals surface area contributed by atoms with E-state index in [2.05, 4.69) is 11.8 Å². The molecule has 0 bridgehead atoms. The number of hydrogen-bond donors (Lipinski definition) is 1. The van der Waals surface area contributed by atoms with Crippen LogP contribution in [0.3, 0.4) is 0 Å². The van der Waals surface area contributed by atoms with Gasteiger partial charge in [-0.15, -0.1) is 0 Å². The van der Waals surface area contributed by atoms with E-state index in [0.717, 1.165) is 0 Å². The van der Waals surface area contributed by atoms with Crippen LogP contribution in [0, 0.1) is 11.8 Å². The van der Waals surface area contributed by atoms with E-state index < -0.39 is 11.2 Å². The number of hydrogen-bond acceptors (Lipinski definition) is 3. The maximum absolute atomic E-state index is 9.44. The second-order valence-corrected chi connectivity index (χ2v) is 5.60. The van der Waals surface area contributed by atoms with Crippen molar-refractivity contribution >= 4 is 0 Å². The van der Waals surface area contributed by atoms with Crippen LogP contribution >= 0.6 is 0 Å². The van der Waals surface area contributed by atoms with E-state index in [-0.39, 0.29) is 5.60 Å². The first-order valence-corrected chi connectivity index (χ1v) is 5.05. The molecule has 15 heavy (non-hydrogen) atoms. The lowest BCUT2D eigenvalue weighted by Crippen LogP contribution is -2.30. The molecule has 0 unspecified atom stereocenters. The zero-order valence-corrected chi connectivity index (χ0v) is 10.8. The molecule has 0 heterocycles. The molecule has 0 aromatic carbocycles.